The predicted octanol–water partition coefficient (Wildman–Crippen LogP) is 4.43. The molecule has 0 unspecified atom stereocenters. The van der Waals surface area contributed by atoms with Crippen LogP contribution in [0.4, 0.5) is 37.7 Å². The van der Waals surface area contributed by atoms with Crippen molar-refractivity contribution >= 4 is 21.4 Å². The third-order valence-corrected chi connectivity index (χ3v) is 4.64. The summed E-state index contributed by atoms with van der Waals surface area (Å²) in [5.41, 5.74) is -5.20. The molecule has 1 N–H and O–H groups in total. The molecule has 0 spiro atoms. The molecule has 2 rings (SSSR count). The lowest BCUT2D eigenvalue weighted by atomic mass is 10.1. The van der Waals surface area contributed by atoms with E-state index in [1.54, 1.807) is 4.72 Å². The first-order valence-corrected chi connectivity index (χ1v) is 8.26. The smallest absolute Gasteiger partial charge is 0.280 e. The van der Waals surface area contributed by atoms with Gasteiger partial charge in [0.05, 0.1) is 20.9 Å². The number of nitro benzene ring substituents is 1. The van der Waals surface area contributed by atoms with Gasteiger partial charge in [0.25, 0.3) is 15.7 Å². The summed E-state index contributed by atoms with van der Waals surface area (Å²) in [6, 6.07) is 4.01. The fraction of sp³-hybridized carbons (Fsp3) is 0.143. The molecule has 0 heterocycles. The summed E-state index contributed by atoms with van der Waals surface area (Å²) in [7, 11) is -4.49. The molecule has 0 aliphatic rings. The van der Waals surface area contributed by atoms with Crippen molar-refractivity contribution in [3.8, 4) is 0 Å². The minimum absolute atomic E-state index is 0.0196. The second kappa shape index (κ2) is 6.72. The second-order valence-electron chi connectivity index (χ2n) is 5.11. The van der Waals surface area contributed by atoms with Crippen LogP contribution in [0.2, 0.25) is 0 Å². The molecular formula is C14H8F6N2O4S. The van der Waals surface area contributed by atoms with E-state index in [0.717, 1.165) is 24.3 Å². The summed E-state index contributed by atoms with van der Waals surface area (Å²) in [5, 5.41) is 10.5. The Labute approximate surface area is 147 Å². The van der Waals surface area contributed by atoms with E-state index < -0.39 is 54.7 Å². The highest BCUT2D eigenvalue weighted by Gasteiger charge is 2.43. The summed E-state index contributed by atoms with van der Waals surface area (Å²) < 4.78 is 103. The third-order valence-electron chi connectivity index (χ3n) is 3.24. The molecule has 0 saturated carbocycles. The Bertz CT molecular complexity index is 969. The maximum absolute atomic E-state index is 12.9. The first kappa shape index (κ1) is 20.5. The van der Waals surface area contributed by atoms with Gasteiger partial charge in [-0.1, -0.05) is 0 Å². The number of rotatable bonds is 4. The number of hydrogen-bond donors (Lipinski definition) is 1. The number of hydrogen-bond acceptors (Lipinski definition) is 4. The van der Waals surface area contributed by atoms with Gasteiger partial charge in [-0.05, 0) is 30.3 Å². The minimum Gasteiger partial charge on any atom is -0.280 e. The van der Waals surface area contributed by atoms with Gasteiger partial charge in [0, 0.05) is 17.8 Å². The molecular weight excluding hydrogens is 406 g/mol. The van der Waals surface area contributed by atoms with Gasteiger partial charge < -0.3 is 0 Å². The summed E-state index contributed by atoms with van der Waals surface area (Å²) in [6.45, 7) is 0. The maximum atomic E-state index is 12.9. The number of halogens is 6. The van der Waals surface area contributed by atoms with E-state index in [0.29, 0.717) is 6.07 Å². The van der Waals surface area contributed by atoms with E-state index in [1.165, 1.54) is 0 Å². The van der Waals surface area contributed by atoms with Gasteiger partial charge in [-0.2, -0.15) is 26.3 Å². The van der Waals surface area contributed by atoms with Crippen LogP contribution in [0.15, 0.2) is 47.4 Å². The molecule has 0 atom stereocenters. The molecule has 27 heavy (non-hydrogen) atoms. The molecule has 2 aromatic carbocycles. The van der Waals surface area contributed by atoms with E-state index in [1.807, 2.05) is 0 Å². The van der Waals surface area contributed by atoms with Crippen molar-refractivity contribution in [2.45, 2.75) is 17.2 Å². The van der Waals surface area contributed by atoms with Crippen LogP contribution in [0, 0.1) is 10.1 Å². The van der Waals surface area contributed by atoms with Crippen molar-refractivity contribution < 1.29 is 39.7 Å². The van der Waals surface area contributed by atoms with Crippen molar-refractivity contribution in [3.63, 3.8) is 0 Å². The quantitative estimate of drug-likeness (QED) is 0.455. The molecule has 0 bridgehead atoms. The average molecular weight is 414 g/mol. The Kier molecular flexibility index (Phi) is 5.10. The van der Waals surface area contributed by atoms with Crippen molar-refractivity contribution in [3.05, 3.63) is 63.7 Å². The standard InChI is InChI=1S/C14H8F6N2O4S/c15-13(16,17)11-6-1-8(7-12(11)14(18,19)20)21-27(25,26)10-4-2-9(3-5-10)22(23)24/h1-7,21H. The number of benzene rings is 2. The van der Waals surface area contributed by atoms with Crippen LogP contribution in [-0.4, -0.2) is 13.3 Å². The largest absolute Gasteiger partial charge is 0.417 e. The lowest BCUT2D eigenvalue weighted by Crippen LogP contribution is -2.18. The topological polar surface area (TPSA) is 89.3 Å². The highest BCUT2D eigenvalue weighted by Crippen LogP contribution is 2.41. The van der Waals surface area contributed by atoms with Crippen LogP contribution in [0.25, 0.3) is 0 Å². The fourth-order valence-electron chi connectivity index (χ4n) is 2.05. The zero-order valence-corrected chi connectivity index (χ0v) is 13.6. The number of nitrogens with one attached hydrogen (secondary N) is 1. The van der Waals surface area contributed by atoms with E-state index >= 15 is 0 Å². The van der Waals surface area contributed by atoms with E-state index in [2.05, 4.69) is 0 Å². The van der Waals surface area contributed by atoms with Gasteiger partial charge in [-0.15, -0.1) is 0 Å². The molecule has 146 valence electrons. The Morgan fingerprint density at radius 1 is 0.852 bits per heavy atom. The number of non-ortho nitro benzene ring substituents is 1. The number of alkyl halides is 6. The molecule has 0 aliphatic heterocycles. The zero-order valence-electron chi connectivity index (χ0n) is 12.8. The van der Waals surface area contributed by atoms with Crippen molar-refractivity contribution in [1.29, 1.82) is 0 Å². The highest BCUT2D eigenvalue weighted by atomic mass is 32.2. The molecule has 0 saturated heterocycles. The van der Waals surface area contributed by atoms with Gasteiger partial charge >= 0.3 is 12.4 Å². The third kappa shape index (κ3) is 4.67. The molecule has 2 aromatic rings. The van der Waals surface area contributed by atoms with Gasteiger partial charge in [0.15, 0.2) is 0 Å². The van der Waals surface area contributed by atoms with Gasteiger partial charge in [-0.3, -0.25) is 14.8 Å². The van der Waals surface area contributed by atoms with Gasteiger partial charge in [-0.25, -0.2) is 8.42 Å². The molecule has 0 amide bonds. The van der Waals surface area contributed by atoms with Crippen LogP contribution >= 0.6 is 0 Å². The molecule has 0 aromatic heterocycles. The van der Waals surface area contributed by atoms with Crippen LogP contribution in [0.5, 0.6) is 0 Å². The molecule has 13 heteroatoms. The van der Waals surface area contributed by atoms with Crippen LogP contribution < -0.4 is 4.72 Å². The second-order valence-corrected chi connectivity index (χ2v) is 6.79. The lowest BCUT2D eigenvalue weighted by molar-refractivity contribution is -0.384. The minimum atomic E-state index is -5.38. The monoisotopic (exact) mass is 414 g/mol. The van der Waals surface area contributed by atoms with E-state index in [4.69, 9.17) is 0 Å². The normalized spacial score (nSPS) is 12.7. The summed E-state index contributed by atoms with van der Waals surface area (Å²) >= 11 is 0. The SMILES string of the molecule is O=[N+]([O-])c1ccc(S(=O)(=O)Nc2ccc(C(F)(F)F)c(C(F)(F)F)c2)cc1. The first-order chi connectivity index (χ1) is 12.2. The first-order valence-electron chi connectivity index (χ1n) is 6.77. The summed E-state index contributed by atoms with van der Waals surface area (Å²) in [6.07, 6.45) is -10.7. The molecule has 6 nitrogen and oxygen atoms in total. The number of nitro groups is 1. The summed E-state index contributed by atoms with van der Waals surface area (Å²) in [4.78, 5) is 9.22. The average Bonchev–Trinajstić information content (AvgIpc) is 2.52. The van der Waals surface area contributed by atoms with E-state index in [-0.39, 0.29) is 12.1 Å². The Morgan fingerprint density at radius 3 is 1.81 bits per heavy atom. The van der Waals surface area contributed by atoms with Gasteiger partial charge in [0.2, 0.25) is 0 Å². The Hall–Kier alpha value is -2.83. The number of sulfonamides is 1. The molecule has 0 aliphatic carbocycles. The lowest BCUT2D eigenvalue weighted by Gasteiger charge is -2.17. The Morgan fingerprint density at radius 2 is 1.37 bits per heavy atom. The molecule has 0 fully saturated rings. The van der Waals surface area contributed by atoms with E-state index in [9.17, 15) is 44.9 Å². The van der Waals surface area contributed by atoms with Crippen LogP contribution in [-0.2, 0) is 22.4 Å². The summed E-state index contributed by atoms with van der Waals surface area (Å²) in [5.74, 6) is 0. The molecule has 0 radical (unpaired) electrons. The number of anilines is 1. The maximum Gasteiger partial charge on any atom is 0.417 e. The van der Waals surface area contributed by atoms with Crippen molar-refractivity contribution in [1.82, 2.24) is 0 Å². The van der Waals surface area contributed by atoms with Crippen molar-refractivity contribution in [2.75, 3.05) is 4.72 Å². The Balaban J connectivity index is 2.43. The number of nitrogens with zero attached hydrogens (tertiary/aromatic N) is 1. The highest BCUT2D eigenvalue weighted by molar-refractivity contribution is 7.92. The van der Waals surface area contributed by atoms with Gasteiger partial charge in [0.1, 0.15) is 0 Å². The predicted molar refractivity (Wildman–Crippen MR) is 80.4 cm³/mol. The van der Waals surface area contributed by atoms with Crippen LogP contribution in [0.3, 0.4) is 0 Å². The fourth-order valence-corrected chi connectivity index (χ4v) is 3.10. The zero-order chi connectivity index (χ0) is 20.6. The van der Waals surface area contributed by atoms with Crippen molar-refractivity contribution in [2.24, 2.45) is 0 Å². The van der Waals surface area contributed by atoms with Crippen LogP contribution in [0.1, 0.15) is 11.1 Å².